The maximum Gasteiger partial charge on any atom is 0.355 e. The fourth-order valence-corrected chi connectivity index (χ4v) is 2.11. The maximum atomic E-state index is 11.8. The van der Waals surface area contributed by atoms with Crippen molar-refractivity contribution in [1.29, 1.82) is 0 Å². The molecule has 0 radical (unpaired) electrons. The first-order chi connectivity index (χ1) is 9.04. The van der Waals surface area contributed by atoms with Crippen LogP contribution in [-0.4, -0.2) is 30.6 Å². The number of hydrogen-bond acceptors (Lipinski definition) is 4. The van der Waals surface area contributed by atoms with Crippen molar-refractivity contribution in [3.8, 4) is 0 Å². The Hall–Kier alpha value is -1.49. The molecular formula is C13H18ClNO4. The Labute approximate surface area is 117 Å². The summed E-state index contributed by atoms with van der Waals surface area (Å²) in [7, 11) is 1.35. The van der Waals surface area contributed by atoms with Crippen LogP contribution in [0.3, 0.4) is 0 Å². The van der Waals surface area contributed by atoms with Crippen LogP contribution in [0.5, 0.6) is 0 Å². The predicted octanol–water partition coefficient (Wildman–Crippen LogP) is 2.34. The fourth-order valence-electron chi connectivity index (χ4n) is 1.89. The molecule has 0 aliphatic carbocycles. The van der Waals surface area contributed by atoms with Crippen molar-refractivity contribution in [1.82, 2.24) is 4.98 Å². The Morgan fingerprint density at radius 1 is 1.37 bits per heavy atom. The smallest absolute Gasteiger partial charge is 0.355 e. The number of ether oxygens (including phenoxy) is 2. The lowest BCUT2D eigenvalue weighted by Crippen LogP contribution is -2.07. The van der Waals surface area contributed by atoms with E-state index in [9.17, 15) is 9.59 Å². The van der Waals surface area contributed by atoms with Gasteiger partial charge in [0.25, 0.3) is 0 Å². The summed E-state index contributed by atoms with van der Waals surface area (Å²) in [6, 6.07) is 0. The van der Waals surface area contributed by atoms with Gasteiger partial charge >= 0.3 is 11.9 Å². The third-order valence-electron chi connectivity index (χ3n) is 2.89. The highest BCUT2D eigenvalue weighted by atomic mass is 35.5. The molecule has 0 atom stereocenters. The number of H-pyrrole nitrogens is 1. The topological polar surface area (TPSA) is 68.4 Å². The normalized spacial score (nSPS) is 10.3. The average Bonchev–Trinajstić information content (AvgIpc) is 2.72. The van der Waals surface area contributed by atoms with Gasteiger partial charge in [0, 0.05) is 12.1 Å². The van der Waals surface area contributed by atoms with Crippen LogP contribution in [0, 0.1) is 6.92 Å². The van der Waals surface area contributed by atoms with Crippen molar-refractivity contribution < 1.29 is 19.1 Å². The van der Waals surface area contributed by atoms with Crippen LogP contribution in [-0.2, 0) is 26.6 Å². The van der Waals surface area contributed by atoms with Gasteiger partial charge in [-0.25, -0.2) is 4.79 Å². The van der Waals surface area contributed by atoms with E-state index in [1.165, 1.54) is 7.11 Å². The number of aromatic amines is 1. The molecule has 0 bridgehead atoms. The van der Waals surface area contributed by atoms with E-state index in [0.717, 1.165) is 16.8 Å². The first-order valence-electron chi connectivity index (χ1n) is 6.05. The maximum absolute atomic E-state index is 11.8. The molecule has 1 N–H and O–H groups in total. The van der Waals surface area contributed by atoms with Crippen molar-refractivity contribution in [3.05, 3.63) is 22.5 Å². The Morgan fingerprint density at radius 3 is 2.58 bits per heavy atom. The number of methoxy groups -OCH3 is 1. The summed E-state index contributed by atoms with van der Waals surface area (Å²) in [6.45, 7) is 3.87. The molecule has 0 aliphatic rings. The summed E-state index contributed by atoms with van der Waals surface area (Å²) in [4.78, 5) is 25.9. The molecule has 0 spiro atoms. The van der Waals surface area contributed by atoms with Gasteiger partial charge in [-0.15, -0.1) is 11.6 Å². The number of carbonyl (C=O) groups excluding carboxylic acids is 2. The summed E-state index contributed by atoms with van der Waals surface area (Å²) in [6.07, 6.45) is 0.734. The van der Waals surface area contributed by atoms with E-state index < -0.39 is 5.97 Å². The molecule has 0 saturated carbocycles. The van der Waals surface area contributed by atoms with Crippen molar-refractivity contribution in [2.75, 3.05) is 13.7 Å². The van der Waals surface area contributed by atoms with Crippen LogP contribution in [0.15, 0.2) is 0 Å². The molecular weight excluding hydrogens is 270 g/mol. The number of rotatable bonds is 6. The summed E-state index contributed by atoms with van der Waals surface area (Å²) in [5.74, 6) is -0.453. The SMILES string of the molecule is CCOC(=O)c1[nH]c(CCl)c(CCC(=O)OC)c1C. The number of aromatic nitrogens is 1. The van der Waals surface area contributed by atoms with E-state index in [-0.39, 0.29) is 18.3 Å². The monoisotopic (exact) mass is 287 g/mol. The molecule has 0 amide bonds. The minimum atomic E-state index is -0.407. The number of alkyl halides is 1. The zero-order valence-electron chi connectivity index (χ0n) is 11.3. The van der Waals surface area contributed by atoms with Gasteiger partial charge in [-0.3, -0.25) is 4.79 Å². The van der Waals surface area contributed by atoms with E-state index in [1.807, 2.05) is 6.92 Å². The molecule has 6 heteroatoms. The molecule has 1 aromatic heterocycles. The van der Waals surface area contributed by atoms with Gasteiger partial charge in [0.2, 0.25) is 0 Å². The largest absolute Gasteiger partial charge is 0.469 e. The molecule has 19 heavy (non-hydrogen) atoms. The number of carbonyl (C=O) groups is 2. The molecule has 0 aromatic carbocycles. The quantitative estimate of drug-likeness (QED) is 0.644. The van der Waals surface area contributed by atoms with Crippen LogP contribution in [0.1, 0.15) is 40.7 Å². The van der Waals surface area contributed by atoms with Crippen LogP contribution in [0.4, 0.5) is 0 Å². The van der Waals surface area contributed by atoms with E-state index in [1.54, 1.807) is 6.92 Å². The second kappa shape index (κ2) is 7.19. The highest BCUT2D eigenvalue weighted by molar-refractivity contribution is 6.17. The molecule has 106 valence electrons. The molecule has 0 saturated heterocycles. The number of halogens is 1. The second-order valence-corrected chi connectivity index (χ2v) is 4.28. The van der Waals surface area contributed by atoms with Crippen molar-refractivity contribution in [3.63, 3.8) is 0 Å². The first-order valence-corrected chi connectivity index (χ1v) is 6.58. The molecule has 1 rings (SSSR count). The molecule has 0 unspecified atom stereocenters. The Bertz CT molecular complexity index is 467. The molecule has 1 heterocycles. The van der Waals surface area contributed by atoms with Gasteiger partial charge in [-0.05, 0) is 31.4 Å². The lowest BCUT2D eigenvalue weighted by Gasteiger charge is -2.03. The molecule has 0 aliphatic heterocycles. The first kappa shape index (κ1) is 15.6. The van der Waals surface area contributed by atoms with Gasteiger partial charge < -0.3 is 14.5 Å². The van der Waals surface area contributed by atoms with Crippen molar-refractivity contribution >= 4 is 23.5 Å². The Kier molecular flexibility index (Phi) is 5.89. The van der Waals surface area contributed by atoms with Crippen molar-refractivity contribution in [2.24, 2.45) is 0 Å². The van der Waals surface area contributed by atoms with Gasteiger partial charge in [0.15, 0.2) is 0 Å². The molecule has 5 nitrogen and oxygen atoms in total. The second-order valence-electron chi connectivity index (χ2n) is 4.01. The fraction of sp³-hybridized carbons (Fsp3) is 0.538. The number of esters is 2. The van der Waals surface area contributed by atoms with Crippen LogP contribution in [0.25, 0.3) is 0 Å². The Balaban J connectivity index is 2.96. The Morgan fingerprint density at radius 2 is 2.05 bits per heavy atom. The third-order valence-corrected chi connectivity index (χ3v) is 3.16. The van der Waals surface area contributed by atoms with Gasteiger partial charge in [-0.1, -0.05) is 0 Å². The van der Waals surface area contributed by atoms with Crippen LogP contribution >= 0.6 is 11.6 Å². The summed E-state index contributed by atoms with van der Waals surface area (Å²) in [5, 5.41) is 0. The highest BCUT2D eigenvalue weighted by Gasteiger charge is 2.20. The minimum absolute atomic E-state index is 0.247. The summed E-state index contributed by atoms with van der Waals surface area (Å²) in [5.41, 5.74) is 2.80. The van der Waals surface area contributed by atoms with Crippen LogP contribution in [0.2, 0.25) is 0 Å². The minimum Gasteiger partial charge on any atom is -0.469 e. The van der Waals surface area contributed by atoms with E-state index in [4.69, 9.17) is 16.3 Å². The van der Waals surface area contributed by atoms with Gasteiger partial charge in [-0.2, -0.15) is 0 Å². The average molecular weight is 288 g/mol. The van der Waals surface area contributed by atoms with Crippen molar-refractivity contribution in [2.45, 2.75) is 32.6 Å². The third kappa shape index (κ3) is 3.73. The number of hydrogen-bond donors (Lipinski definition) is 1. The lowest BCUT2D eigenvalue weighted by molar-refractivity contribution is -0.140. The van der Waals surface area contributed by atoms with E-state index in [2.05, 4.69) is 9.72 Å². The summed E-state index contributed by atoms with van der Waals surface area (Å²) < 4.78 is 9.57. The van der Waals surface area contributed by atoms with E-state index in [0.29, 0.717) is 18.7 Å². The number of nitrogens with one attached hydrogen (secondary N) is 1. The molecule has 1 aromatic rings. The van der Waals surface area contributed by atoms with E-state index >= 15 is 0 Å². The van der Waals surface area contributed by atoms with Gasteiger partial charge in [0.05, 0.1) is 19.6 Å². The predicted molar refractivity (Wildman–Crippen MR) is 71.4 cm³/mol. The lowest BCUT2D eigenvalue weighted by atomic mass is 10.0. The zero-order valence-corrected chi connectivity index (χ0v) is 12.1. The summed E-state index contributed by atoms with van der Waals surface area (Å²) >= 11 is 5.85. The zero-order chi connectivity index (χ0) is 14.4. The molecule has 0 fully saturated rings. The van der Waals surface area contributed by atoms with Gasteiger partial charge in [0.1, 0.15) is 5.69 Å². The van der Waals surface area contributed by atoms with Crippen LogP contribution < -0.4 is 0 Å². The standard InChI is InChI=1S/C13H18ClNO4/c1-4-19-13(17)12-8(2)9(10(7-14)15-12)5-6-11(16)18-3/h15H,4-7H2,1-3H3. The highest BCUT2D eigenvalue weighted by Crippen LogP contribution is 2.22.